The third-order valence-corrected chi connectivity index (χ3v) is 3.96. The molecule has 1 saturated heterocycles. The van der Waals surface area contributed by atoms with Crippen molar-refractivity contribution < 1.29 is 9.59 Å². The van der Waals surface area contributed by atoms with Crippen LogP contribution in [-0.4, -0.2) is 21.6 Å². The van der Waals surface area contributed by atoms with Crippen molar-refractivity contribution in [3.8, 4) is 0 Å². The molecule has 1 atom stereocenters. The van der Waals surface area contributed by atoms with E-state index in [4.69, 9.17) is 0 Å². The lowest BCUT2D eigenvalue weighted by molar-refractivity contribution is -0.142. The van der Waals surface area contributed by atoms with E-state index in [-0.39, 0.29) is 24.2 Å². The third kappa shape index (κ3) is 1.49. The number of hydrogen-bond donors (Lipinski definition) is 0. The molecule has 2 aromatic rings. The number of carbonyl (C=O) groups excluding carboxylic acids is 2. The maximum absolute atomic E-state index is 11.9. The molecule has 1 amide bonds. The van der Waals surface area contributed by atoms with E-state index in [1.54, 1.807) is 4.90 Å². The fourth-order valence-electron chi connectivity index (χ4n) is 3.06. The highest BCUT2D eigenvalue weighted by Crippen LogP contribution is 2.39. The Kier molecular flexibility index (Phi) is 2.04. The largest absolute Gasteiger partial charge is 0.329 e. The zero-order valence-corrected chi connectivity index (χ0v) is 10.3. The second-order valence-corrected chi connectivity index (χ2v) is 5.18. The summed E-state index contributed by atoms with van der Waals surface area (Å²) in [5.74, 6) is -0.0441. The molecule has 1 aromatic carbocycles. The number of carbonyl (C=O) groups is 2. The van der Waals surface area contributed by atoms with E-state index in [1.165, 1.54) is 0 Å². The molecule has 4 rings (SSSR count). The molecule has 19 heavy (non-hydrogen) atoms. The monoisotopic (exact) mass is 252 g/mol. The minimum Gasteiger partial charge on any atom is -0.329 e. The molecule has 1 unspecified atom stereocenters. The van der Waals surface area contributed by atoms with Crippen LogP contribution in [0.1, 0.15) is 30.1 Å². The maximum Gasteiger partial charge on any atom is 0.230 e. The van der Waals surface area contributed by atoms with Gasteiger partial charge in [-0.3, -0.25) is 14.6 Å². The number of fused-ring (bicyclic) bond motifs is 4. The second kappa shape index (κ2) is 3.63. The molecule has 1 fully saturated rings. The van der Waals surface area contributed by atoms with E-state index in [2.05, 4.69) is 11.1 Å². The van der Waals surface area contributed by atoms with Crippen molar-refractivity contribution in [3.63, 3.8) is 0 Å². The van der Waals surface area contributed by atoms with Gasteiger partial charge in [0, 0.05) is 18.4 Å². The lowest BCUT2D eigenvalue weighted by Gasteiger charge is -2.28. The number of nitrogens with zero attached hydrogens (tertiary/aromatic N) is 2. The molecule has 3 heterocycles. The van der Waals surface area contributed by atoms with Gasteiger partial charge in [0.15, 0.2) is 0 Å². The highest BCUT2D eigenvalue weighted by molar-refractivity contribution is 6.01. The van der Waals surface area contributed by atoms with Gasteiger partial charge >= 0.3 is 0 Å². The SMILES string of the molecule is O=C1CC(=O)N2Cc3cc4ccccc4nc3C2C1. The van der Waals surface area contributed by atoms with Gasteiger partial charge in [-0.1, -0.05) is 18.2 Å². The first-order chi connectivity index (χ1) is 9.22. The van der Waals surface area contributed by atoms with Crippen LogP contribution >= 0.6 is 0 Å². The molecule has 1 aromatic heterocycles. The number of benzene rings is 1. The Morgan fingerprint density at radius 1 is 1.21 bits per heavy atom. The average Bonchev–Trinajstić information content (AvgIpc) is 2.74. The summed E-state index contributed by atoms with van der Waals surface area (Å²) in [5.41, 5.74) is 2.90. The van der Waals surface area contributed by atoms with E-state index in [1.807, 2.05) is 24.3 Å². The number of piperidine rings is 1. The Morgan fingerprint density at radius 3 is 2.95 bits per heavy atom. The normalized spacial score (nSPS) is 21.7. The predicted molar refractivity (Wildman–Crippen MR) is 69.3 cm³/mol. The van der Waals surface area contributed by atoms with Gasteiger partial charge in [0.25, 0.3) is 0 Å². The number of ketones is 1. The van der Waals surface area contributed by atoms with Crippen molar-refractivity contribution in [3.05, 3.63) is 41.6 Å². The topological polar surface area (TPSA) is 50.3 Å². The Hall–Kier alpha value is -2.23. The highest BCUT2D eigenvalue weighted by Gasteiger charge is 2.40. The molecule has 4 heteroatoms. The summed E-state index contributed by atoms with van der Waals surface area (Å²) in [6, 6.07) is 9.86. The summed E-state index contributed by atoms with van der Waals surface area (Å²) in [6.45, 7) is 0.587. The molecule has 0 radical (unpaired) electrons. The zero-order chi connectivity index (χ0) is 13.0. The van der Waals surface area contributed by atoms with E-state index in [0.717, 1.165) is 22.2 Å². The van der Waals surface area contributed by atoms with Gasteiger partial charge in [-0.15, -0.1) is 0 Å². The van der Waals surface area contributed by atoms with E-state index in [9.17, 15) is 9.59 Å². The maximum atomic E-state index is 11.9. The summed E-state index contributed by atoms with van der Waals surface area (Å²) < 4.78 is 0. The molecule has 2 aliphatic heterocycles. The lowest BCUT2D eigenvalue weighted by atomic mass is 9.99. The number of Topliss-reactive ketones (excluding diaryl/α,β-unsaturated/α-hetero) is 1. The summed E-state index contributed by atoms with van der Waals surface area (Å²) >= 11 is 0. The minimum atomic E-state index is -0.145. The van der Waals surface area contributed by atoms with E-state index < -0.39 is 0 Å². The van der Waals surface area contributed by atoms with Gasteiger partial charge in [-0.25, -0.2) is 0 Å². The smallest absolute Gasteiger partial charge is 0.230 e. The van der Waals surface area contributed by atoms with E-state index >= 15 is 0 Å². The standard InChI is InChI=1S/C15H12N2O2/c18-11-6-13-15-10(8-17(13)14(19)7-11)5-9-3-1-2-4-12(9)16-15/h1-5,13H,6-8H2. The summed E-state index contributed by atoms with van der Waals surface area (Å²) in [7, 11) is 0. The summed E-state index contributed by atoms with van der Waals surface area (Å²) in [5, 5.41) is 1.08. The summed E-state index contributed by atoms with van der Waals surface area (Å²) in [6.07, 6.45) is 0.452. The van der Waals surface area contributed by atoms with Crippen molar-refractivity contribution in [1.82, 2.24) is 9.88 Å². The molecule has 0 spiro atoms. The van der Waals surface area contributed by atoms with Gasteiger partial charge in [0.2, 0.25) is 5.91 Å². The third-order valence-electron chi connectivity index (χ3n) is 3.96. The van der Waals surface area contributed by atoms with Gasteiger partial charge in [0.05, 0.1) is 23.7 Å². The predicted octanol–water partition coefficient (Wildman–Crippen LogP) is 1.98. The number of hydrogen-bond acceptors (Lipinski definition) is 3. The molecule has 4 nitrogen and oxygen atoms in total. The van der Waals surface area contributed by atoms with Crippen molar-refractivity contribution in [2.45, 2.75) is 25.4 Å². The number of pyridine rings is 1. The van der Waals surface area contributed by atoms with Crippen LogP contribution in [-0.2, 0) is 16.1 Å². The average molecular weight is 252 g/mol. The van der Waals surface area contributed by atoms with Crippen LogP contribution in [0.25, 0.3) is 10.9 Å². The van der Waals surface area contributed by atoms with E-state index in [0.29, 0.717) is 13.0 Å². The van der Waals surface area contributed by atoms with Crippen molar-refractivity contribution in [2.75, 3.05) is 0 Å². The van der Waals surface area contributed by atoms with Crippen molar-refractivity contribution in [2.24, 2.45) is 0 Å². The van der Waals surface area contributed by atoms with Crippen LogP contribution in [0.2, 0.25) is 0 Å². The second-order valence-electron chi connectivity index (χ2n) is 5.18. The molecular weight excluding hydrogens is 240 g/mol. The van der Waals surface area contributed by atoms with Crippen molar-refractivity contribution >= 4 is 22.6 Å². The van der Waals surface area contributed by atoms with Gasteiger partial charge in [-0.05, 0) is 17.7 Å². The molecular formula is C15H12N2O2. The van der Waals surface area contributed by atoms with Gasteiger partial charge in [0.1, 0.15) is 5.78 Å². The molecule has 0 saturated carbocycles. The number of rotatable bonds is 0. The van der Waals surface area contributed by atoms with Crippen LogP contribution in [0, 0.1) is 0 Å². The number of amides is 1. The highest BCUT2D eigenvalue weighted by atomic mass is 16.2. The molecule has 0 N–H and O–H groups in total. The molecule has 0 bridgehead atoms. The molecule has 0 aliphatic carbocycles. The first-order valence-electron chi connectivity index (χ1n) is 6.42. The lowest BCUT2D eigenvalue weighted by Crippen LogP contribution is -2.37. The Balaban J connectivity index is 1.89. The number of para-hydroxylation sites is 1. The van der Waals surface area contributed by atoms with Crippen LogP contribution < -0.4 is 0 Å². The van der Waals surface area contributed by atoms with Crippen LogP contribution in [0.4, 0.5) is 0 Å². The van der Waals surface area contributed by atoms with Gasteiger partial charge < -0.3 is 4.90 Å². The number of aromatic nitrogens is 1. The van der Waals surface area contributed by atoms with Crippen LogP contribution in [0.5, 0.6) is 0 Å². The summed E-state index contributed by atoms with van der Waals surface area (Å²) in [4.78, 5) is 30.0. The first-order valence-corrected chi connectivity index (χ1v) is 6.42. The molecule has 2 aliphatic rings. The van der Waals surface area contributed by atoms with Crippen LogP contribution in [0.15, 0.2) is 30.3 Å². The Labute approximate surface area is 110 Å². The Morgan fingerprint density at radius 2 is 2.05 bits per heavy atom. The minimum absolute atomic E-state index is 0.0223. The van der Waals surface area contributed by atoms with Crippen LogP contribution in [0.3, 0.4) is 0 Å². The quantitative estimate of drug-likeness (QED) is 0.674. The van der Waals surface area contributed by atoms with Crippen molar-refractivity contribution in [1.29, 1.82) is 0 Å². The zero-order valence-electron chi connectivity index (χ0n) is 10.3. The Bertz CT molecular complexity index is 723. The fraction of sp³-hybridized carbons (Fsp3) is 0.267. The molecule has 94 valence electrons. The van der Waals surface area contributed by atoms with Gasteiger partial charge in [-0.2, -0.15) is 0 Å². The first kappa shape index (κ1) is 10.7. The fourth-order valence-corrected chi connectivity index (χ4v) is 3.06.